The number of rotatable bonds is 3. The normalized spacial score (nSPS) is 15.9. The van der Waals surface area contributed by atoms with Crippen LogP contribution in [0, 0.1) is 0 Å². The Balaban J connectivity index is 4.31. The Morgan fingerprint density at radius 1 is 1.73 bits per heavy atom. The van der Waals surface area contributed by atoms with Crippen LogP contribution in [0.1, 0.15) is 13.8 Å². The summed E-state index contributed by atoms with van der Waals surface area (Å²) < 4.78 is 10.3. The molecule has 5 heteroatoms. The van der Waals surface area contributed by atoms with Gasteiger partial charge in [-0.2, -0.15) is 0 Å². The zero-order valence-corrected chi connectivity index (χ0v) is 7.17. The van der Waals surface area contributed by atoms with E-state index in [0.29, 0.717) is 0 Å². The molecule has 0 saturated heterocycles. The molecule has 0 aromatic rings. The van der Waals surface area contributed by atoms with Gasteiger partial charge in [0.05, 0.1) is 0 Å². The van der Waals surface area contributed by atoms with Crippen LogP contribution in [0.25, 0.3) is 0 Å². The number of carboxylic acid groups (broad SMARTS) is 1. The molecule has 0 aliphatic rings. The van der Waals surface area contributed by atoms with Gasteiger partial charge >= 0.3 is 14.0 Å². The summed E-state index contributed by atoms with van der Waals surface area (Å²) in [5.41, 5.74) is -0.655. The molecule has 0 aromatic carbocycles. The van der Waals surface area contributed by atoms with Crippen LogP contribution < -0.4 is 4.89 Å². The van der Waals surface area contributed by atoms with E-state index in [4.69, 9.17) is 5.11 Å². The van der Waals surface area contributed by atoms with E-state index in [1.54, 1.807) is 0 Å². The molecule has 11 heavy (non-hydrogen) atoms. The molecule has 0 fully saturated rings. The van der Waals surface area contributed by atoms with E-state index in [9.17, 15) is 14.3 Å². The number of aliphatic carboxylic acids is 1. The van der Waals surface area contributed by atoms with E-state index in [1.165, 1.54) is 19.9 Å². The highest BCUT2D eigenvalue weighted by atomic mass is 31.1. The summed E-state index contributed by atoms with van der Waals surface area (Å²) in [6.45, 7) is 2.79. The average molecular weight is 176 g/mol. The van der Waals surface area contributed by atoms with Gasteiger partial charge in [0.2, 0.25) is 0 Å². The van der Waals surface area contributed by atoms with E-state index in [0.717, 1.165) is 0 Å². The molecule has 2 unspecified atom stereocenters. The maximum Gasteiger partial charge on any atom is 0.331 e. The van der Waals surface area contributed by atoms with Gasteiger partial charge in [-0.05, 0) is 19.9 Å². The third kappa shape index (κ3) is 3.86. The van der Waals surface area contributed by atoms with Crippen LogP contribution in [0.3, 0.4) is 0 Å². The second-order valence-corrected chi connectivity index (χ2v) is 3.57. The first-order valence-corrected chi connectivity index (χ1v) is 4.25. The van der Waals surface area contributed by atoms with Gasteiger partial charge in [-0.1, -0.05) is 4.57 Å². The molecule has 62 valence electrons. The molecule has 0 aliphatic heterocycles. The number of hydrogen-bond acceptors (Lipinski definition) is 3. The molecule has 0 aromatic heterocycles. The van der Waals surface area contributed by atoms with Crippen LogP contribution in [0.5, 0.6) is 0 Å². The summed E-state index contributed by atoms with van der Waals surface area (Å²) in [6.07, 6.45) is 1.20. The second kappa shape index (κ2) is 4.21. The number of carboxylic acids is 1. The van der Waals surface area contributed by atoms with Crippen LogP contribution in [-0.2, 0) is 9.36 Å². The summed E-state index contributed by atoms with van der Waals surface area (Å²) in [5, 5.41) is 8.35. The zero-order chi connectivity index (χ0) is 9.02. The van der Waals surface area contributed by atoms with Crippen LogP contribution in [0.15, 0.2) is 11.6 Å². The zero-order valence-electron chi connectivity index (χ0n) is 6.27. The summed E-state index contributed by atoms with van der Waals surface area (Å²) in [7, 11) is -2.56. The highest BCUT2D eigenvalue weighted by Crippen LogP contribution is 2.19. The predicted octanol–water partition coefficient (Wildman–Crippen LogP) is 0.508. The average Bonchev–Trinajstić information content (AvgIpc) is 1.87. The van der Waals surface area contributed by atoms with Gasteiger partial charge in [0.15, 0.2) is 5.66 Å². The van der Waals surface area contributed by atoms with Crippen LogP contribution in [0.4, 0.5) is 0 Å². The molecule has 0 heterocycles. The fourth-order valence-electron chi connectivity index (χ4n) is 0.494. The summed E-state index contributed by atoms with van der Waals surface area (Å²) in [6, 6.07) is 0. The fourth-order valence-corrected chi connectivity index (χ4v) is 0.839. The lowest BCUT2D eigenvalue weighted by molar-refractivity contribution is -0.165. The number of allylic oxidation sites excluding steroid dienone is 1. The molecule has 0 rings (SSSR count). The lowest BCUT2D eigenvalue weighted by Gasteiger charge is -1.95. The molecule has 0 saturated carbocycles. The van der Waals surface area contributed by atoms with Crippen molar-refractivity contribution < 1.29 is 19.4 Å². The van der Waals surface area contributed by atoms with E-state index in [2.05, 4.69) is 0 Å². The standard InChI is InChI=1S/C6H9O4P/c1-4(6(7)8)3-5(2)11(9)10/h3,5H,1-2H3,(H,7,8)/b4-3-. The molecule has 0 aliphatic carbocycles. The Morgan fingerprint density at radius 2 is 2.18 bits per heavy atom. The third-order valence-electron chi connectivity index (χ3n) is 1.16. The first-order chi connectivity index (χ1) is 4.95. The molecule has 4 nitrogen and oxygen atoms in total. The first kappa shape index (κ1) is 10.3. The van der Waals surface area contributed by atoms with Crippen molar-refractivity contribution in [3.63, 3.8) is 0 Å². The van der Waals surface area contributed by atoms with Crippen LogP contribution in [-0.4, -0.2) is 16.7 Å². The number of carbonyl (C=O) groups is 1. The monoisotopic (exact) mass is 176 g/mol. The molecular formula is C6H9O4P. The Labute approximate surface area is 65.4 Å². The van der Waals surface area contributed by atoms with Crippen molar-refractivity contribution in [2.24, 2.45) is 0 Å². The summed E-state index contributed by atoms with van der Waals surface area (Å²) in [4.78, 5) is 20.4. The van der Waals surface area contributed by atoms with Crippen molar-refractivity contribution in [2.75, 3.05) is 0 Å². The van der Waals surface area contributed by atoms with Gasteiger partial charge in [0, 0.05) is 5.57 Å². The largest absolute Gasteiger partial charge is 0.595 e. The third-order valence-corrected chi connectivity index (χ3v) is 1.98. The van der Waals surface area contributed by atoms with Gasteiger partial charge in [-0.15, -0.1) is 0 Å². The van der Waals surface area contributed by atoms with Gasteiger partial charge in [-0.25, -0.2) is 4.79 Å². The van der Waals surface area contributed by atoms with Crippen molar-refractivity contribution in [1.29, 1.82) is 0 Å². The maximum absolute atomic E-state index is 10.3. The Hall–Kier alpha value is -0.730. The highest BCUT2D eigenvalue weighted by Gasteiger charge is 2.13. The van der Waals surface area contributed by atoms with E-state index in [1.807, 2.05) is 0 Å². The van der Waals surface area contributed by atoms with E-state index in [-0.39, 0.29) is 5.57 Å². The quantitative estimate of drug-likeness (QED) is 0.502. The topological polar surface area (TPSA) is 77.4 Å². The Bertz CT molecular complexity index is 209. The molecule has 0 amide bonds. The Morgan fingerprint density at radius 3 is 2.45 bits per heavy atom. The smallest absolute Gasteiger partial charge is 0.331 e. The molecule has 1 N–H and O–H groups in total. The summed E-state index contributed by atoms with van der Waals surface area (Å²) >= 11 is 0. The summed E-state index contributed by atoms with van der Waals surface area (Å²) in [5.74, 6) is -1.09. The lowest BCUT2D eigenvalue weighted by Crippen LogP contribution is -2.04. The van der Waals surface area contributed by atoms with Crippen molar-refractivity contribution >= 4 is 14.0 Å². The molecule has 0 spiro atoms. The highest BCUT2D eigenvalue weighted by molar-refractivity contribution is 7.37. The maximum atomic E-state index is 10.3. The van der Waals surface area contributed by atoms with E-state index < -0.39 is 19.7 Å². The minimum absolute atomic E-state index is 0.0525. The van der Waals surface area contributed by atoms with Crippen molar-refractivity contribution in [2.45, 2.75) is 19.5 Å². The second-order valence-electron chi connectivity index (χ2n) is 2.18. The van der Waals surface area contributed by atoms with Gasteiger partial charge in [0.25, 0.3) is 0 Å². The van der Waals surface area contributed by atoms with Crippen LogP contribution in [0.2, 0.25) is 0 Å². The van der Waals surface area contributed by atoms with Gasteiger partial charge in [0.1, 0.15) is 0 Å². The van der Waals surface area contributed by atoms with Crippen molar-refractivity contribution in [1.82, 2.24) is 0 Å². The lowest BCUT2D eigenvalue weighted by atomic mass is 10.2. The first-order valence-electron chi connectivity index (χ1n) is 3.00. The predicted molar refractivity (Wildman–Crippen MR) is 38.5 cm³/mol. The molecule has 0 radical (unpaired) electrons. The molecule has 2 atom stereocenters. The van der Waals surface area contributed by atoms with Crippen LogP contribution >= 0.6 is 8.03 Å². The molecular weight excluding hydrogens is 167 g/mol. The van der Waals surface area contributed by atoms with Crippen molar-refractivity contribution in [3.8, 4) is 0 Å². The minimum atomic E-state index is -2.56. The minimum Gasteiger partial charge on any atom is -0.595 e. The van der Waals surface area contributed by atoms with Gasteiger partial charge in [-0.3, -0.25) is 0 Å². The van der Waals surface area contributed by atoms with Crippen molar-refractivity contribution in [3.05, 3.63) is 11.6 Å². The molecule has 0 bridgehead atoms. The number of hydrogen-bond donors (Lipinski definition) is 1. The fraction of sp³-hybridized carbons (Fsp3) is 0.500. The SMILES string of the molecule is C/C(=C/C(C)[P+](=O)[O-])C(=O)O. The van der Waals surface area contributed by atoms with Gasteiger partial charge < -0.3 is 10.00 Å². The Kier molecular flexibility index (Phi) is 3.93. The van der Waals surface area contributed by atoms with E-state index >= 15 is 0 Å².